The molecule has 0 aliphatic carbocycles. The highest BCUT2D eigenvalue weighted by Gasteiger charge is 2.43. The van der Waals surface area contributed by atoms with Crippen molar-refractivity contribution in [3.63, 3.8) is 0 Å². The van der Waals surface area contributed by atoms with Crippen LogP contribution in [0.1, 0.15) is 25.0 Å². The van der Waals surface area contributed by atoms with Gasteiger partial charge in [-0.3, -0.25) is 14.3 Å². The summed E-state index contributed by atoms with van der Waals surface area (Å²) in [6.07, 6.45) is -0.222. The van der Waals surface area contributed by atoms with Crippen LogP contribution in [0.15, 0.2) is 115 Å². The number of benzene rings is 4. The molecule has 0 saturated carbocycles. The highest BCUT2D eigenvalue weighted by molar-refractivity contribution is 7.60. The van der Waals surface area contributed by atoms with Crippen molar-refractivity contribution in [3.05, 3.63) is 126 Å². The van der Waals surface area contributed by atoms with Gasteiger partial charge in [-0.15, -0.1) is 0 Å². The Morgan fingerprint density at radius 3 is 1.83 bits per heavy atom. The maximum absolute atomic E-state index is 14.6. The Labute approximate surface area is 276 Å². The van der Waals surface area contributed by atoms with Crippen molar-refractivity contribution in [1.29, 1.82) is 0 Å². The Morgan fingerprint density at radius 1 is 0.745 bits per heavy atom. The topological polar surface area (TPSA) is 125 Å². The lowest BCUT2D eigenvalue weighted by molar-refractivity contribution is -0.145. The average molecular weight is 657 g/mol. The van der Waals surface area contributed by atoms with Crippen molar-refractivity contribution >= 4 is 30.9 Å². The summed E-state index contributed by atoms with van der Waals surface area (Å²) < 4.78 is 30.4. The summed E-state index contributed by atoms with van der Waals surface area (Å²) in [5.74, 6) is -4.63. The van der Waals surface area contributed by atoms with Crippen molar-refractivity contribution < 1.29 is 32.9 Å². The number of carbonyl (C=O) groups is 3. The monoisotopic (exact) mass is 656 g/mol. The molecule has 9 nitrogen and oxygen atoms in total. The SMILES string of the molecule is CCOC(=O)[C@H](C)N(C(=O)C(Cc1ccccc1)CP(=O)(OC)C(N)C(=O)OCc1ccccc1)c1ccc(-c2ccccc2)cc1. The zero-order valence-corrected chi connectivity index (χ0v) is 27.8. The van der Waals surface area contributed by atoms with Gasteiger partial charge in [-0.25, -0.2) is 9.59 Å². The summed E-state index contributed by atoms with van der Waals surface area (Å²) in [6, 6.07) is 34.2. The number of ether oxygens (including phenoxy) is 2. The molecule has 0 spiro atoms. The smallest absolute Gasteiger partial charge is 0.333 e. The van der Waals surface area contributed by atoms with E-state index in [2.05, 4.69) is 0 Å². The van der Waals surface area contributed by atoms with Crippen LogP contribution in [0.3, 0.4) is 0 Å². The zero-order chi connectivity index (χ0) is 33.8. The van der Waals surface area contributed by atoms with Crippen molar-refractivity contribution in [1.82, 2.24) is 0 Å². The van der Waals surface area contributed by atoms with Gasteiger partial charge in [0.25, 0.3) is 0 Å². The van der Waals surface area contributed by atoms with Gasteiger partial charge in [0.2, 0.25) is 13.3 Å². The summed E-state index contributed by atoms with van der Waals surface area (Å²) >= 11 is 0. The fourth-order valence-corrected chi connectivity index (χ4v) is 7.16. The first-order chi connectivity index (χ1) is 22.7. The summed E-state index contributed by atoms with van der Waals surface area (Å²) in [7, 11) is -2.82. The Kier molecular flexibility index (Phi) is 12.6. The van der Waals surface area contributed by atoms with Gasteiger partial charge in [0.1, 0.15) is 12.6 Å². The van der Waals surface area contributed by atoms with Crippen LogP contribution in [0.4, 0.5) is 5.69 Å². The zero-order valence-electron chi connectivity index (χ0n) is 26.9. The molecule has 10 heteroatoms. The molecule has 4 rings (SSSR count). The van der Waals surface area contributed by atoms with E-state index in [0.717, 1.165) is 22.3 Å². The fourth-order valence-electron chi connectivity index (χ4n) is 5.26. The molecular formula is C37H41N2O7P. The Balaban J connectivity index is 1.68. The number of carbonyl (C=O) groups excluding carboxylic acids is 3. The minimum Gasteiger partial charge on any atom is -0.464 e. The van der Waals surface area contributed by atoms with Crippen LogP contribution in [-0.2, 0) is 46.0 Å². The van der Waals surface area contributed by atoms with Crippen LogP contribution in [0.25, 0.3) is 11.1 Å². The van der Waals surface area contributed by atoms with E-state index in [1.807, 2.05) is 78.9 Å². The second-order valence-corrected chi connectivity index (χ2v) is 13.8. The number of hydrogen-bond acceptors (Lipinski definition) is 8. The predicted molar refractivity (Wildman–Crippen MR) is 183 cm³/mol. The first-order valence-corrected chi connectivity index (χ1v) is 17.3. The molecule has 4 aromatic carbocycles. The summed E-state index contributed by atoms with van der Waals surface area (Å²) in [5.41, 5.74) is 10.2. The first kappa shape index (κ1) is 35.3. The second-order valence-electron chi connectivity index (χ2n) is 11.1. The normalized spacial score (nSPS) is 14.2. The van der Waals surface area contributed by atoms with Crippen LogP contribution in [0.5, 0.6) is 0 Å². The molecule has 0 aliphatic heterocycles. The van der Waals surface area contributed by atoms with Crippen molar-refractivity contribution in [2.45, 2.75) is 38.7 Å². The van der Waals surface area contributed by atoms with Gasteiger partial charge in [0, 0.05) is 19.0 Å². The van der Waals surface area contributed by atoms with Gasteiger partial charge in [0.05, 0.1) is 12.5 Å². The molecule has 0 aliphatic rings. The lowest BCUT2D eigenvalue weighted by Gasteiger charge is -2.33. The van der Waals surface area contributed by atoms with Crippen molar-refractivity contribution in [2.75, 3.05) is 24.8 Å². The third-order valence-electron chi connectivity index (χ3n) is 7.85. The molecule has 47 heavy (non-hydrogen) atoms. The van der Waals surface area contributed by atoms with Crippen LogP contribution in [-0.4, -0.2) is 49.5 Å². The highest BCUT2D eigenvalue weighted by Crippen LogP contribution is 2.52. The van der Waals surface area contributed by atoms with Gasteiger partial charge in [-0.1, -0.05) is 103 Å². The van der Waals surface area contributed by atoms with E-state index < -0.39 is 43.0 Å². The maximum Gasteiger partial charge on any atom is 0.333 e. The summed E-state index contributed by atoms with van der Waals surface area (Å²) in [4.78, 5) is 42.1. The van der Waals surface area contributed by atoms with E-state index in [4.69, 9.17) is 19.7 Å². The molecule has 4 atom stereocenters. The molecule has 4 aromatic rings. The molecule has 1 amide bonds. The van der Waals surface area contributed by atoms with Gasteiger partial charge < -0.3 is 19.7 Å². The van der Waals surface area contributed by atoms with Gasteiger partial charge in [-0.05, 0) is 54.7 Å². The van der Waals surface area contributed by atoms with E-state index in [-0.39, 0.29) is 25.8 Å². The van der Waals surface area contributed by atoms with Gasteiger partial charge in [0.15, 0.2) is 5.78 Å². The second kappa shape index (κ2) is 16.8. The molecule has 246 valence electrons. The average Bonchev–Trinajstić information content (AvgIpc) is 3.11. The predicted octanol–water partition coefficient (Wildman–Crippen LogP) is 6.45. The summed E-state index contributed by atoms with van der Waals surface area (Å²) in [5, 5.41) is 0. The first-order valence-electron chi connectivity index (χ1n) is 15.5. The maximum atomic E-state index is 14.6. The van der Waals surface area contributed by atoms with E-state index in [9.17, 15) is 18.9 Å². The standard InChI is InChI=1S/C37H41N2O7P/c1-4-45-36(41)27(2)39(33-22-20-31(21-23-33)30-18-12-7-13-19-30)35(40)32(24-28-14-8-5-9-15-28)26-47(43,44-3)34(38)37(42)46-25-29-16-10-6-11-17-29/h5-23,27,32,34H,4,24-26,38H2,1-3H3/t27-,32?,34?,47?/m0/s1. The van der Waals surface area contributed by atoms with Gasteiger partial charge in [-0.2, -0.15) is 0 Å². The van der Waals surface area contributed by atoms with Crippen molar-refractivity contribution in [3.8, 4) is 11.1 Å². The lowest BCUT2D eigenvalue weighted by Crippen LogP contribution is -2.48. The molecule has 0 heterocycles. The molecule has 3 unspecified atom stereocenters. The number of nitrogens with zero attached hydrogens (tertiary/aromatic N) is 1. The molecule has 0 radical (unpaired) electrons. The van der Waals surface area contributed by atoms with Crippen LogP contribution >= 0.6 is 7.37 Å². The van der Waals surface area contributed by atoms with Crippen LogP contribution in [0.2, 0.25) is 0 Å². The number of anilines is 1. The molecule has 2 N–H and O–H groups in total. The lowest BCUT2D eigenvalue weighted by atomic mass is 9.98. The Hall–Kier alpha value is -4.56. The number of hydrogen-bond donors (Lipinski definition) is 1. The van der Waals surface area contributed by atoms with Crippen molar-refractivity contribution in [2.24, 2.45) is 11.7 Å². The molecule has 0 aromatic heterocycles. The van der Waals surface area contributed by atoms with Gasteiger partial charge >= 0.3 is 11.9 Å². The summed E-state index contributed by atoms with van der Waals surface area (Å²) in [6.45, 7) is 3.34. The van der Waals surface area contributed by atoms with E-state index >= 15 is 0 Å². The largest absolute Gasteiger partial charge is 0.464 e. The van der Waals surface area contributed by atoms with Crippen LogP contribution in [0, 0.1) is 5.92 Å². The highest BCUT2D eigenvalue weighted by atomic mass is 31.2. The van der Waals surface area contributed by atoms with Crippen LogP contribution < -0.4 is 10.6 Å². The number of amides is 1. The fraction of sp³-hybridized carbons (Fsp3) is 0.270. The van der Waals surface area contributed by atoms with E-state index in [1.54, 1.807) is 50.2 Å². The molecule has 0 fully saturated rings. The minimum atomic E-state index is -4.02. The molecule has 0 saturated heterocycles. The quantitative estimate of drug-likeness (QED) is 0.114. The number of nitrogens with two attached hydrogens (primary N) is 1. The third-order valence-corrected chi connectivity index (χ3v) is 10.5. The van der Waals surface area contributed by atoms with E-state index in [1.165, 1.54) is 12.0 Å². The Bertz CT molecular complexity index is 1650. The number of rotatable bonds is 15. The molecular weight excluding hydrogens is 615 g/mol. The molecule has 0 bridgehead atoms. The minimum absolute atomic E-state index is 0.0622. The number of esters is 2. The van der Waals surface area contributed by atoms with E-state index in [0.29, 0.717) is 5.69 Å². The third kappa shape index (κ3) is 9.26. The Morgan fingerprint density at radius 2 is 1.28 bits per heavy atom.